The van der Waals surface area contributed by atoms with Gasteiger partial charge in [0.2, 0.25) is 0 Å². The van der Waals surface area contributed by atoms with Crippen LogP contribution in [0.2, 0.25) is 5.02 Å². The molecule has 0 amide bonds. The van der Waals surface area contributed by atoms with Crippen molar-refractivity contribution < 1.29 is 9.90 Å². The van der Waals surface area contributed by atoms with Crippen molar-refractivity contribution in [2.24, 2.45) is 5.92 Å². The predicted molar refractivity (Wildman–Crippen MR) is 72.4 cm³/mol. The average molecular weight is 321 g/mol. The van der Waals surface area contributed by atoms with Crippen molar-refractivity contribution in [3.05, 3.63) is 33.3 Å². The fourth-order valence-electron chi connectivity index (χ4n) is 1.42. The van der Waals surface area contributed by atoms with Gasteiger partial charge < -0.3 is 10.4 Å². The summed E-state index contributed by atoms with van der Waals surface area (Å²) in [7, 11) is 0. The zero-order valence-electron chi connectivity index (χ0n) is 9.71. The largest absolute Gasteiger partial charge is 0.480 e. The number of aliphatic carboxylic acids is 1. The predicted octanol–water partition coefficient (Wildman–Crippen LogP) is 3.47. The summed E-state index contributed by atoms with van der Waals surface area (Å²) in [5.41, 5.74) is 0.683. The van der Waals surface area contributed by atoms with Gasteiger partial charge in [0, 0.05) is 9.50 Å². The van der Waals surface area contributed by atoms with Crippen molar-refractivity contribution in [1.29, 1.82) is 0 Å². The molecule has 1 rings (SSSR count). The summed E-state index contributed by atoms with van der Waals surface area (Å²) in [6.07, 6.45) is 0. The van der Waals surface area contributed by atoms with Crippen molar-refractivity contribution in [2.45, 2.75) is 19.9 Å². The lowest BCUT2D eigenvalue weighted by Crippen LogP contribution is -2.31. The van der Waals surface area contributed by atoms with Crippen molar-refractivity contribution >= 4 is 33.5 Å². The lowest BCUT2D eigenvalue weighted by molar-refractivity contribution is -0.139. The van der Waals surface area contributed by atoms with Crippen LogP contribution in [0.5, 0.6) is 0 Å². The number of carboxylic acids is 1. The Labute approximate surface area is 114 Å². The van der Waals surface area contributed by atoms with E-state index < -0.39 is 12.0 Å². The van der Waals surface area contributed by atoms with Gasteiger partial charge in [-0.25, -0.2) is 0 Å². The third kappa shape index (κ3) is 4.30. The van der Waals surface area contributed by atoms with Crippen LogP contribution in [0.25, 0.3) is 0 Å². The highest BCUT2D eigenvalue weighted by molar-refractivity contribution is 9.10. The zero-order chi connectivity index (χ0) is 13.0. The molecular weight excluding hydrogens is 305 g/mol. The second kappa shape index (κ2) is 6.38. The maximum Gasteiger partial charge on any atom is 0.325 e. The Kier molecular flexibility index (Phi) is 5.43. The molecule has 5 heteroatoms. The van der Waals surface area contributed by atoms with Crippen LogP contribution in [0.3, 0.4) is 0 Å². The maximum atomic E-state index is 11.2. The first-order chi connectivity index (χ1) is 7.91. The van der Waals surface area contributed by atoms with Gasteiger partial charge in [-0.15, -0.1) is 0 Å². The quantitative estimate of drug-likeness (QED) is 0.873. The van der Waals surface area contributed by atoms with E-state index >= 15 is 0 Å². The van der Waals surface area contributed by atoms with Gasteiger partial charge in [0.25, 0.3) is 0 Å². The third-order valence-corrected chi connectivity index (χ3v) is 3.17. The minimum Gasteiger partial charge on any atom is -0.480 e. The van der Waals surface area contributed by atoms with E-state index in [0.717, 1.165) is 0 Å². The Bertz CT molecular complexity index is 409. The topological polar surface area (TPSA) is 49.3 Å². The first-order valence-electron chi connectivity index (χ1n) is 5.33. The number of rotatable bonds is 5. The Hall–Kier alpha value is -0.580. The molecule has 0 aliphatic heterocycles. The van der Waals surface area contributed by atoms with Gasteiger partial charge in [-0.2, -0.15) is 0 Å². The molecule has 0 saturated heterocycles. The molecule has 0 bridgehead atoms. The molecule has 0 fully saturated rings. The number of carboxylic acid groups (broad SMARTS) is 1. The molecule has 1 unspecified atom stereocenters. The minimum atomic E-state index is -0.895. The average Bonchev–Trinajstić information content (AvgIpc) is 2.20. The van der Waals surface area contributed by atoms with E-state index in [1.54, 1.807) is 18.2 Å². The molecule has 0 aliphatic rings. The molecule has 0 aliphatic carbocycles. The Morgan fingerprint density at radius 2 is 2.18 bits per heavy atom. The van der Waals surface area contributed by atoms with E-state index in [9.17, 15) is 9.90 Å². The molecule has 1 aromatic rings. The van der Waals surface area contributed by atoms with Gasteiger partial charge in [0.15, 0.2) is 0 Å². The van der Waals surface area contributed by atoms with Crippen molar-refractivity contribution in [3.8, 4) is 0 Å². The van der Waals surface area contributed by atoms with Crippen molar-refractivity contribution in [3.63, 3.8) is 0 Å². The highest BCUT2D eigenvalue weighted by atomic mass is 79.9. The van der Waals surface area contributed by atoms with Crippen LogP contribution in [0.15, 0.2) is 22.7 Å². The molecule has 0 radical (unpaired) electrons. The highest BCUT2D eigenvalue weighted by Crippen LogP contribution is 2.27. The number of nitrogens with one attached hydrogen (secondary N) is 1. The number of hydrogen-bond donors (Lipinski definition) is 2. The second-order valence-electron chi connectivity index (χ2n) is 4.24. The van der Waals surface area contributed by atoms with Gasteiger partial charge in [0.05, 0.1) is 0 Å². The lowest BCUT2D eigenvalue weighted by atomic mass is 10.1. The minimum absolute atomic E-state index is 0.392. The van der Waals surface area contributed by atoms with Gasteiger partial charge in [-0.05, 0) is 30.2 Å². The smallest absolute Gasteiger partial charge is 0.325 e. The van der Waals surface area contributed by atoms with E-state index in [2.05, 4.69) is 21.2 Å². The van der Waals surface area contributed by atoms with Crippen molar-refractivity contribution in [2.75, 3.05) is 6.54 Å². The van der Waals surface area contributed by atoms with E-state index in [1.165, 1.54) is 0 Å². The molecule has 17 heavy (non-hydrogen) atoms. The number of hydrogen-bond acceptors (Lipinski definition) is 2. The summed E-state index contributed by atoms with van der Waals surface area (Å²) in [6.45, 7) is 4.71. The molecule has 0 aromatic heterocycles. The molecule has 3 nitrogen and oxygen atoms in total. The van der Waals surface area contributed by atoms with E-state index in [4.69, 9.17) is 11.6 Å². The molecule has 2 N–H and O–H groups in total. The van der Waals surface area contributed by atoms with Crippen LogP contribution in [0.4, 0.5) is 0 Å². The monoisotopic (exact) mass is 319 g/mol. The van der Waals surface area contributed by atoms with E-state index in [-0.39, 0.29) is 0 Å². The zero-order valence-corrected chi connectivity index (χ0v) is 12.0. The van der Waals surface area contributed by atoms with Crippen molar-refractivity contribution in [1.82, 2.24) is 5.32 Å². The standard InChI is InChI=1S/C12H15BrClNO2/c1-7(2)6-15-11(12(16)17)9-4-3-8(14)5-10(9)13/h3-5,7,11,15H,6H2,1-2H3,(H,16,17). The summed E-state index contributed by atoms with van der Waals surface area (Å²) < 4.78 is 0.702. The van der Waals surface area contributed by atoms with Crippen LogP contribution in [-0.4, -0.2) is 17.6 Å². The Balaban J connectivity index is 2.93. The fraction of sp³-hybridized carbons (Fsp3) is 0.417. The normalized spacial score (nSPS) is 12.8. The van der Waals surface area contributed by atoms with Crippen LogP contribution in [0, 0.1) is 5.92 Å². The van der Waals surface area contributed by atoms with E-state index in [0.29, 0.717) is 27.5 Å². The SMILES string of the molecule is CC(C)CNC(C(=O)O)c1ccc(Cl)cc1Br. The van der Waals surface area contributed by atoms with Crippen LogP contribution < -0.4 is 5.32 Å². The second-order valence-corrected chi connectivity index (χ2v) is 5.53. The molecular formula is C12H15BrClNO2. The lowest BCUT2D eigenvalue weighted by Gasteiger charge is -2.17. The summed E-state index contributed by atoms with van der Waals surface area (Å²) in [4.78, 5) is 11.2. The first-order valence-corrected chi connectivity index (χ1v) is 6.50. The highest BCUT2D eigenvalue weighted by Gasteiger charge is 2.21. The molecule has 0 saturated carbocycles. The number of benzene rings is 1. The van der Waals surface area contributed by atoms with Gasteiger partial charge in [0.1, 0.15) is 6.04 Å². The first kappa shape index (κ1) is 14.5. The Morgan fingerprint density at radius 1 is 1.53 bits per heavy atom. The van der Waals surface area contributed by atoms with E-state index in [1.807, 2.05) is 13.8 Å². The van der Waals surface area contributed by atoms with Crippen LogP contribution >= 0.6 is 27.5 Å². The summed E-state index contributed by atoms with van der Waals surface area (Å²) in [5, 5.41) is 12.8. The molecule has 1 aromatic carbocycles. The van der Waals surface area contributed by atoms with Crippen LogP contribution in [-0.2, 0) is 4.79 Å². The van der Waals surface area contributed by atoms with Gasteiger partial charge >= 0.3 is 5.97 Å². The fourth-order valence-corrected chi connectivity index (χ4v) is 2.33. The van der Waals surface area contributed by atoms with Gasteiger partial charge in [-0.3, -0.25) is 4.79 Å². The number of carbonyl (C=O) groups is 1. The Morgan fingerprint density at radius 3 is 2.65 bits per heavy atom. The molecule has 94 valence electrons. The van der Waals surface area contributed by atoms with Gasteiger partial charge in [-0.1, -0.05) is 47.4 Å². The number of halogens is 2. The summed E-state index contributed by atoms with van der Waals surface area (Å²) in [5.74, 6) is -0.503. The summed E-state index contributed by atoms with van der Waals surface area (Å²) in [6, 6.07) is 4.39. The maximum absolute atomic E-state index is 11.2. The summed E-state index contributed by atoms with van der Waals surface area (Å²) >= 11 is 9.17. The molecule has 0 spiro atoms. The molecule has 0 heterocycles. The molecule has 1 atom stereocenters. The van der Waals surface area contributed by atoms with Crippen LogP contribution in [0.1, 0.15) is 25.5 Å². The third-order valence-electron chi connectivity index (χ3n) is 2.25.